The maximum absolute atomic E-state index is 13.2. The molecule has 1 aliphatic heterocycles. The van der Waals surface area contributed by atoms with Gasteiger partial charge in [-0.2, -0.15) is 0 Å². The number of nitrogens with one attached hydrogen (secondary N) is 1. The topological polar surface area (TPSA) is 91.8 Å². The molecular weight excluding hydrogens is 633 g/mol. The first-order valence-electron chi connectivity index (χ1n) is 18.0. The highest BCUT2D eigenvalue weighted by molar-refractivity contribution is 7.90. The number of anilines is 1. The average molecular weight is 679 g/mol. The normalized spacial score (nSPS) is 25.1. The van der Waals surface area contributed by atoms with Gasteiger partial charge in [-0.05, 0) is 121 Å². The van der Waals surface area contributed by atoms with Crippen molar-refractivity contribution in [3.05, 3.63) is 90.3 Å². The summed E-state index contributed by atoms with van der Waals surface area (Å²) in [5.41, 5.74) is 4.78. The second-order valence-electron chi connectivity index (χ2n) is 15.1. The number of piperazine rings is 1. The van der Waals surface area contributed by atoms with Gasteiger partial charge >= 0.3 is 0 Å². The summed E-state index contributed by atoms with van der Waals surface area (Å²) in [4.78, 5) is 22.3. The molecule has 9 rings (SSSR count). The SMILES string of the molecule is CCOc1cncc(-c2ccc(CN3CCN(c4ccc(C(=O)NS(=O)(=O)CC56CC7CC(CC(C7)C5)C6)cc4)CC3)c3ccccc23)c1. The van der Waals surface area contributed by atoms with E-state index in [9.17, 15) is 13.2 Å². The predicted molar refractivity (Wildman–Crippen MR) is 194 cm³/mol. The van der Waals surface area contributed by atoms with Crippen LogP contribution >= 0.6 is 0 Å². The zero-order valence-corrected chi connectivity index (χ0v) is 29.1. The van der Waals surface area contributed by atoms with Gasteiger partial charge in [-0.15, -0.1) is 0 Å². The average Bonchev–Trinajstić information content (AvgIpc) is 3.08. The molecule has 1 saturated heterocycles. The van der Waals surface area contributed by atoms with Crippen molar-refractivity contribution in [2.75, 3.05) is 43.4 Å². The van der Waals surface area contributed by atoms with Gasteiger partial charge in [0.1, 0.15) is 5.75 Å². The van der Waals surface area contributed by atoms with Crippen molar-refractivity contribution in [3.63, 3.8) is 0 Å². The Morgan fingerprint density at radius 2 is 1.55 bits per heavy atom. The lowest BCUT2D eigenvalue weighted by molar-refractivity contribution is -0.0391. The van der Waals surface area contributed by atoms with Crippen LogP contribution in [0.15, 0.2) is 79.1 Å². The van der Waals surface area contributed by atoms with Crippen LogP contribution in [0, 0.1) is 23.2 Å². The molecule has 5 aliphatic rings. The summed E-state index contributed by atoms with van der Waals surface area (Å²) in [6.07, 6.45) is 10.5. The molecule has 1 amide bonds. The summed E-state index contributed by atoms with van der Waals surface area (Å²) in [5.74, 6) is 2.34. The molecule has 0 atom stereocenters. The van der Waals surface area contributed by atoms with Crippen molar-refractivity contribution in [1.29, 1.82) is 0 Å². The first-order valence-corrected chi connectivity index (χ1v) is 19.6. The third-order valence-electron chi connectivity index (χ3n) is 11.5. The number of nitrogens with zero attached hydrogens (tertiary/aromatic N) is 3. The largest absolute Gasteiger partial charge is 0.492 e. The highest BCUT2D eigenvalue weighted by atomic mass is 32.2. The molecule has 4 aromatic rings. The Balaban J connectivity index is 0.878. The van der Waals surface area contributed by atoms with E-state index in [4.69, 9.17) is 4.74 Å². The molecule has 0 radical (unpaired) electrons. The van der Waals surface area contributed by atoms with Crippen LogP contribution in [0.25, 0.3) is 21.9 Å². The molecule has 4 bridgehead atoms. The zero-order valence-electron chi connectivity index (χ0n) is 28.3. The van der Waals surface area contributed by atoms with E-state index in [1.165, 1.54) is 35.6 Å². The van der Waals surface area contributed by atoms with E-state index in [2.05, 4.69) is 62.0 Å². The standard InChI is InChI=1S/C40H46N4O4S/c1-2-48-35-20-33(24-41-25-35)37-12-9-32(36-5-3-4-6-38(36)37)26-43-13-15-44(16-14-43)34-10-7-31(8-11-34)39(45)42-49(46,47)27-40-21-28-17-29(22-40)19-30(18-28)23-40/h3-12,20,24-25,28-30H,2,13-19,21-23,26-27H2,1H3,(H,42,45). The second-order valence-corrected chi connectivity index (χ2v) is 16.8. The Hall–Kier alpha value is -3.95. The highest BCUT2D eigenvalue weighted by Crippen LogP contribution is 2.60. The fraction of sp³-hybridized carbons (Fsp3) is 0.450. The van der Waals surface area contributed by atoms with Crippen molar-refractivity contribution in [2.24, 2.45) is 23.2 Å². The van der Waals surface area contributed by atoms with Crippen LogP contribution in [0.3, 0.4) is 0 Å². The number of fused-ring (bicyclic) bond motifs is 1. The summed E-state index contributed by atoms with van der Waals surface area (Å²) in [6, 6.07) is 22.5. The Morgan fingerprint density at radius 1 is 0.878 bits per heavy atom. The number of benzene rings is 3. The Kier molecular flexibility index (Phi) is 8.60. The maximum atomic E-state index is 13.2. The van der Waals surface area contributed by atoms with E-state index >= 15 is 0 Å². The summed E-state index contributed by atoms with van der Waals surface area (Å²) < 4.78 is 34.5. The summed E-state index contributed by atoms with van der Waals surface area (Å²) in [6.45, 7) is 7.03. The number of amides is 1. The molecule has 8 nitrogen and oxygen atoms in total. The fourth-order valence-corrected chi connectivity index (χ4v) is 11.5. The maximum Gasteiger partial charge on any atom is 0.264 e. The molecule has 4 aliphatic carbocycles. The third kappa shape index (κ3) is 6.80. The van der Waals surface area contributed by atoms with Gasteiger partial charge in [0, 0.05) is 55.7 Å². The van der Waals surface area contributed by atoms with Crippen molar-refractivity contribution in [2.45, 2.75) is 52.0 Å². The number of hydrogen-bond acceptors (Lipinski definition) is 7. The number of aromatic nitrogens is 1. The minimum absolute atomic E-state index is 0.0807. The van der Waals surface area contributed by atoms with Crippen molar-refractivity contribution in [3.8, 4) is 16.9 Å². The van der Waals surface area contributed by atoms with E-state index in [-0.39, 0.29) is 11.2 Å². The number of ether oxygens (including phenoxy) is 1. The number of pyridine rings is 1. The van der Waals surface area contributed by atoms with Gasteiger partial charge < -0.3 is 9.64 Å². The number of carbonyl (C=O) groups is 1. The molecule has 0 spiro atoms. The van der Waals surface area contributed by atoms with Crippen LogP contribution in [0.2, 0.25) is 0 Å². The van der Waals surface area contributed by atoms with E-state index < -0.39 is 15.9 Å². The Bertz CT molecular complexity index is 1920. The summed E-state index contributed by atoms with van der Waals surface area (Å²) >= 11 is 0. The lowest BCUT2D eigenvalue weighted by Gasteiger charge is -2.56. The molecule has 256 valence electrons. The quantitative estimate of drug-likeness (QED) is 0.195. The number of sulfonamides is 1. The first-order chi connectivity index (χ1) is 23.7. The smallest absolute Gasteiger partial charge is 0.264 e. The highest BCUT2D eigenvalue weighted by Gasteiger charge is 2.52. The van der Waals surface area contributed by atoms with Crippen molar-refractivity contribution < 1.29 is 17.9 Å². The van der Waals surface area contributed by atoms with E-state index in [0.29, 0.717) is 29.9 Å². The summed E-state index contributed by atoms with van der Waals surface area (Å²) in [7, 11) is -3.71. The Labute approximate surface area is 289 Å². The Morgan fingerprint density at radius 3 is 2.22 bits per heavy atom. The molecule has 4 saturated carbocycles. The van der Waals surface area contributed by atoms with Crippen LogP contribution in [0.4, 0.5) is 5.69 Å². The molecule has 9 heteroatoms. The van der Waals surface area contributed by atoms with Gasteiger partial charge in [-0.25, -0.2) is 13.1 Å². The minimum atomic E-state index is -3.71. The van der Waals surface area contributed by atoms with Crippen LogP contribution in [-0.4, -0.2) is 62.7 Å². The summed E-state index contributed by atoms with van der Waals surface area (Å²) in [5, 5.41) is 2.46. The molecule has 5 fully saturated rings. The minimum Gasteiger partial charge on any atom is -0.492 e. The van der Waals surface area contributed by atoms with Crippen molar-refractivity contribution in [1.82, 2.24) is 14.6 Å². The van der Waals surface area contributed by atoms with Crippen LogP contribution < -0.4 is 14.4 Å². The van der Waals surface area contributed by atoms with Crippen LogP contribution in [0.1, 0.15) is 61.4 Å². The van der Waals surface area contributed by atoms with Gasteiger partial charge in [0.2, 0.25) is 10.0 Å². The molecule has 2 heterocycles. The molecule has 0 unspecified atom stereocenters. The molecule has 1 N–H and O–H groups in total. The van der Waals surface area contributed by atoms with Gasteiger partial charge in [-0.3, -0.25) is 14.7 Å². The monoisotopic (exact) mass is 678 g/mol. The van der Waals surface area contributed by atoms with Crippen LogP contribution in [-0.2, 0) is 16.6 Å². The lowest BCUT2D eigenvalue weighted by atomic mass is 9.50. The molecule has 3 aromatic carbocycles. The van der Waals surface area contributed by atoms with Gasteiger partial charge in [0.15, 0.2) is 0 Å². The second kappa shape index (κ2) is 13.1. The van der Waals surface area contributed by atoms with E-state index in [1.807, 2.05) is 25.3 Å². The third-order valence-corrected chi connectivity index (χ3v) is 13.0. The van der Waals surface area contributed by atoms with Crippen molar-refractivity contribution >= 4 is 32.4 Å². The molecular formula is C40H46N4O4S. The lowest BCUT2D eigenvalue weighted by Crippen LogP contribution is -2.51. The molecule has 1 aromatic heterocycles. The van der Waals surface area contributed by atoms with Gasteiger partial charge in [0.05, 0.1) is 18.6 Å². The fourth-order valence-electron chi connectivity index (χ4n) is 9.90. The first kappa shape index (κ1) is 32.3. The van der Waals surface area contributed by atoms with Gasteiger partial charge in [0.25, 0.3) is 5.91 Å². The molecule has 49 heavy (non-hydrogen) atoms. The van der Waals surface area contributed by atoms with Gasteiger partial charge in [-0.1, -0.05) is 36.4 Å². The zero-order chi connectivity index (χ0) is 33.6. The predicted octanol–water partition coefficient (Wildman–Crippen LogP) is 6.90. The number of rotatable bonds is 10. The van der Waals surface area contributed by atoms with E-state index in [0.717, 1.165) is 74.6 Å². The van der Waals surface area contributed by atoms with E-state index in [1.54, 1.807) is 18.3 Å². The number of hydrogen-bond donors (Lipinski definition) is 1. The number of carbonyl (C=O) groups excluding carboxylic acids is 1. The van der Waals surface area contributed by atoms with Crippen LogP contribution in [0.5, 0.6) is 5.75 Å².